The van der Waals surface area contributed by atoms with Gasteiger partial charge < -0.3 is 9.84 Å². The standard InChI is InChI=1S/C23H36O3/c1-5-6-10-18(2)12-9-13-21-16-20(17-22(21)24)15-19(3)11-7-8-14-23(25)26-4/h9,11,13,18,20-22,24H,7-8,10,12,14-17H2,1-4H3/b13-9+,19-11?/t18?,20-,21?,22-/m1/s1. The number of esters is 1. The van der Waals surface area contributed by atoms with E-state index in [1.54, 1.807) is 0 Å². The quantitative estimate of drug-likeness (QED) is 0.257. The number of ether oxygens (including phenoxy) is 1. The zero-order valence-corrected chi connectivity index (χ0v) is 17.0. The third kappa shape index (κ3) is 9.25. The van der Waals surface area contributed by atoms with Crippen molar-refractivity contribution in [2.24, 2.45) is 17.8 Å². The Bertz CT molecular complexity index is 535. The predicted octanol–water partition coefficient (Wildman–Crippen LogP) is 5.05. The van der Waals surface area contributed by atoms with Gasteiger partial charge in [0.05, 0.1) is 13.2 Å². The van der Waals surface area contributed by atoms with E-state index in [2.05, 4.69) is 48.7 Å². The lowest BCUT2D eigenvalue weighted by Gasteiger charge is -2.10. The molecule has 0 amide bonds. The minimum absolute atomic E-state index is 0.138. The summed E-state index contributed by atoms with van der Waals surface area (Å²) in [5, 5.41) is 10.3. The zero-order chi connectivity index (χ0) is 19.4. The van der Waals surface area contributed by atoms with Crippen LogP contribution >= 0.6 is 0 Å². The van der Waals surface area contributed by atoms with Crippen molar-refractivity contribution in [1.82, 2.24) is 0 Å². The van der Waals surface area contributed by atoms with E-state index >= 15 is 0 Å². The molecule has 1 aliphatic rings. The lowest BCUT2D eigenvalue weighted by atomic mass is 9.96. The second-order valence-corrected chi connectivity index (χ2v) is 7.69. The van der Waals surface area contributed by atoms with Crippen LogP contribution in [-0.4, -0.2) is 24.3 Å². The van der Waals surface area contributed by atoms with Crippen molar-refractivity contribution in [3.05, 3.63) is 23.8 Å². The summed E-state index contributed by atoms with van der Waals surface area (Å²) >= 11 is 0. The van der Waals surface area contributed by atoms with Gasteiger partial charge in [0.2, 0.25) is 0 Å². The molecule has 0 aromatic rings. The molecule has 0 heterocycles. The fourth-order valence-corrected chi connectivity index (χ4v) is 3.61. The van der Waals surface area contributed by atoms with Crippen molar-refractivity contribution in [1.29, 1.82) is 0 Å². The normalized spacial score (nSPS) is 24.3. The Labute approximate surface area is 159 Å². The summed E-state index contributed by atoms with van der Waals surface area (Å²) in [6.07, 6.45) is 13.7. The zero-order valence-electron chi connectivity index (χ0n) is 17.0. The Balaban J connectivity index is 2.33. The van der Waals surface area contributed by atoms with E-state index in [4.69, 9.17) is 0 Å². The highest BCUT2D eigenvalue weighted by molar-refractivity contribution is 5.69. The summed E-state index contributed by atoms with van der Waals surface area (Å²) in [7, 11) is 1.43. The van der Waals surface area contributed by atoms with E-state index in [1.807, 2.05) is 6.92 Å². The van der Waals surface area contributed by atoms with Crippen LogP contribution in [0, 0.1) is 29.6 Å². The molecular weight excluding hydrogens is 324 g/mol. The van der Waals surface area contributed by atoms with Gasteiger partial charge in [-0.25, -0.2) is 0 Å². The minimum atomic E-state index is -0.214. The topological polar surface area (TPSA) is 46.5 Å². The van der Waals surface area contributed by atoms with Crippen LogP contribution in [-0.2, 0) is 9.53 Å². The van der Waals surface area contributed by atoms with E-state index < -0.39 is 0 Å². The van der Waals surface area contributed by atoms with Crippen molar-refractivity contribution in [3.8, 4) is 11.8 Å². The molecule has 4 atom stereocenters. The van der Waals surface area contributed by atoms with Gasteiger partial charge in [0, 0.05) is 18.8 Å². The Morgan fingerprint density at radius 3 is 2.85 bits per heavy atom. The first-order valence-corrected chi connectivity index (χ1v) is 9.93. The molecule has 1 rings (SSSR count). The highest BCUT2D eigenvalue weighted by Gasteiger charge is 2.30. The molecule has 1 N–H and O–H groups in total. The van der Waals surface area contributed by atoms with Gasteiger partial charge in [-0.15, -0.1) is 11.8 Å². The Kier molecular flexibility index (Phi) is 11.1. The molecule has 1 saturated carbocycles. The number of aliphatic hydroxyl groups is 1. The molecule has 146 valence electrons. The number of carbonyl (C=O) groups excluding carboxylic acids is 1. The molecule has 0 saturated heterocycles. The van der Waals surface area contributed by atoms with Gasteiger partial charge in [0.1, 0.15) is 0 Å². The second-order valence-electron chi connectivity index (χ2n) is 7.69. The number of allylic oxidation sites excluding steroid dienone is 3. The monoisotopic (exact) mass is 360 g/mol. The first-order chi connectivity index (χ1) is 12.5. The predicted molar refractivity (Wildman–Crippen MR) is 107 cm³/mol. The number of methoxy groups -OCH3 is 1. The Hall–Kier alpha value is -1.53. The van der Waals surface area contributed by atoms with Crippen LogP contribution in [0.15, 0.2) is 23.8 Å². The average Bonchev–Trinajstić information content (AvgIpc) is 2.95. The van der Waals surface area contributed by atoms with Crippen molar-refractivity contribution in [3.63, 3.8) is 0 Å². The molecule has 3 heteroatoms. The number of unbranched alkanes of at least 4 members (excludes halogenated alkanes) is 1. The first kappa shape index (κ1) is 22.5. The maximum Gasteiger partial charge on any atom is 0.305 e. The minimum Gasteiger partial charge on any atom is -0.469 e. The fraction of sp³-hybridized carbons (Fsp3) is 0.696. The highest BCUT2D eigenvalue weighted by atomic mass is 16.5. The molecule has 26 heavy (non-hydrogen) atoms. The van der Waals surface area contributed by atoms with Crippen molar-refractivity contribution in [2.75, 3.05) is 7.11 Å². The lowest BCUT2D eigenvalue weighted by molar-refractivity contribution is -0.140. The van der Waals surface area contributed by atoms with Gasteiger partial charge in [0.15, 0.2) is 0 Å². The molecular formula is C23H36O3. The molecule has 0 aromatic carbocycles. The largest absolute Gasteiger partial charge is 0.469 e. The third-order valence-electron chi connectivity index (χ3n) is 5.14. The molecule has 0 aliphatic heterocycles. The maximum absolute atomic E-state index is 11.1. The lowest BCUT2D eigenvalue weighted by Crippen LogP contribution is -2.10. The van der Waals surface area contributed by atoms with Gasteiger partial charge in [0.25, 0.3) is 0 Å². The van der Waals surface area contributed by atoms with E-state index in [-0.39, 0.29) is 18.0 Å². The van der Waals surface area contributed by atoms with Crippen LogP contribution in [0.5, 0.6) is 0 Å². The summed E-state index contributed by atoms with van der Waals surface area (Å²) < 4.78 is 4.65. The molecule has 3 nitrogen and oxygen atoms in total. The Morgan fingerprint density at radius 2 is 2.15 bits per heavy atom. The number of aliphatic hydroxyl groups excluding tert-OH is 1. The van der Waals surface area contributed by atoms with Crippen molar-refractivity contribution in [2.45, 2.75) is 78.2 Å². The average molecular weight is 361 g/mol. The Morgan fingerprint density at radius 1 is 1.38 bits per heavy atom. The molecule has 0 spiro atoms. The van der Waals surface area contributed by atoms with Gasteiger partial charge in [-0.05, 0) is 64.2 Å². The summed E-state index contributed by atoms with van der Waals surface area (Å²) in [5.74, 6) is 7.35. The smallest absolute Gasteiger partial charge is 0.305 e. The van der Waals surface area contributed by atoms with Crippen LogP contribution < -0.4 is 0 Å². The van der Waals surface area contributed by atoms with Crippen molar-refractivity contribution < 1.29 is 14.6 Å². The molecule has 2 unspecified atom stereocenters. The van der Waals surface area contributed by atoms with Crippen LogP contribution in [0.1, 0.15) is 72.1 Å². The summed E-state index contributed by atoms with van der Waals surface area (Å²) in [6.45, 7) is 6.26. The van der Waals surface area contributed by atoms with Gasteiger partial charge >= 0.3 is 5.97 Å². The number of hydrogen-bond donors (Lipinski definition) is 1. The first-order valence-electron chi connectivity index (χ1n) is 9.93. The van der Waals surface area contributed by atoms with E-state index in [0.29, 0.717) is 18.3 Å². The van der Waals surface area contributed by atoms with E-state index in [0.717, 1.165) is 44.9 Å². The van der Waals surface area contributed by atoms with Gasteiger partial charge in [-0.1, -0.05) is 30.7 Å². The SMILES string of the molecule is CC#CCC(C)C/C=C/C1C[C@@H](CC(C)=CCCCC(=O)OC)C[C@H]1O. The van der Waals surface area contributed by atoms with Gasteiger partial charge in [-0.3, -0.25) is 4.79 Å². The molecule has 1 aliphatic carbocycles. The third-order valence-corrected chi connectivity index (χ3v) is 5.14. The number of carbonyl (C=O) groups is 1. The van der Waals surface area contributed by atoms with Crippen LogP contribution in [0.3, 0.4) is 0 Å². The summed E-state index contributed by atoms with van der Waals surface area (Å²) in [5.41, 5.74) is 1.36. The van der Waals surface area contributed by atoms with Crippen LogP contribution in [0.25, 0.3) is 0 Å². The molecule has 0 radical (unpaired) electrons. The highest BCUT2D eigenvalue weighted by Crippen LogP contribution is 2.36. The van der Waals surface area contributed by atoms with E-state index in [1.165, 1.54) is 12.7 Å². The maximum atomic E-state index is 11.1. The summed E-state index contributed by atoms with van der Waals surface area (Å²) in [6, 6.07) is 0. The second kappa shape index (κ2) is 12.8. The fourth-order valence-electron chi connectivity index (χ4n) is 3.61. The number of rotatable bonds is 10. The number of hydrogen-bond acceptors (Lipinski definition) is 3. The van der Waals surface area contributed by atoms with Crippen LogP contribution in [0.2, 0.25) is 0 Å². The van der Waals surface area contributed by atoms with Crippen LogP contribution in [0.4, 0.5) is 0 Å². The molecule has 0 aromatic heterocycles. The molecule has 1 fully saturated rings. The van der Waals surface area contributed by atoms with E-state index in [9.17, 15) is 9.90 Å². The molecule has 0 bridgehead atoms. The van der Waals surface area contributed by atoms with Gasteiger partial charge in [-0.2, -0.15) is 0 Å². The van der Waals surface area contributed by atoms with Crippen molar-refractivity contribution >= 4 is 5.97 Å². The summed E-state index contributed by atoms with van der Waals surface area (Å²) in [4.78, 5) is 11.1.